The number of hydrogen-bond donors (Lipinski definition) is 4. The zero-order valence-electron chi connectivity index (χ0n) is 25.2. The van der Waals surface area contributed by atoms with Crippen LogP contribution < -0.4 is 21.4 Å². The summed E-state index contributed by atoms with van der Waals surface area (Å²) in [4.78, 5) is 15.7. The third kappa shape index (κ3) is 3.28. The molecule has 0 saturated carbocycles. The van der Waals surface area contributed by atoms with E-state index in [9.17, 15) is 0 Å². The summed E-state index contributed by atoms with van der Waals surface area (Å²) in [7, 11) is 0. The average molecular weight is 569 g/mol. The monoisotopic (exact) mass is 568 g/mol. The quantitative estimate of drug-likeness (QED) is 0.156. The van der Waals surface area contributed by atoms with Gasteiger partial charge in [0.25, 0.3) is 0 Å². The first-order chi connectivity index (χ1) is 21.5. The lowest BCUT2D eigenvalue weighted by atomic mass is 10.0. The Labute approximate surface area is 253 Å². The lowest BCUT2D eigenvalue weighted by molar-refractivity contribution is 1.19. The number of hydrogen-bond acceptors (Lipinski definition) is 0. The van der Waals surface area contributed by atoms with Gasteiger partial charge in [0.05, 0.1) is 44.2 Å². The zero-order chi connectivity index (χ0) is 29.7. The van der Waals surface area contributed by atoms with Gasteiger partial charge in [-0.25, -0.2) is 0 Å². The molecule has 9 rings (SSSR count). The Hall–Kier alpha value is -5.48. The molecular weight excluding hydrogens is 536 g/mol. The number of nitrogens with one attached hydrogen (secondary N) is 4. The highest BCUT2D eigenvalue weighted by molar-refractivity contribution is 6.04. The lowest BCUT2D eigenvalue weighted by Gasteiger charge is -2.02. The van der Waals surface area contributed by atoms with Crippen molar-refractivity contribution >= 4 is 65.4 Å². The summed E-state index contributed by atoms with van der Waals surface area (Å²) in [5.41, 5.74) is 9.35. The second kappa shape index (κ2) is 9.01. The third-order valence-corrected chi connectivity index (χ3v) is 9.86. The van der Waals surface area contributed by atoms with Crippen LogP contribution in [-0.4, -0.2) is 19.9 Å². The predicted octanol–water partition coefficient (Wildman–Crippen LogP) is 6.80. The summed E-state index contributed by atoms with van der Waals surface area (Å²) in [6.45, 7) is 8.95. The second-order valence-electron chi connectivity index (χ2n) is 12.2. The Morgan fingerprint density at radius 1 is 0.273 bits per heavy atom. The molecule has 212 valence electrons. The van der Waals surface area contributed by atoms with Crippen molar-refractivity contribution < 1.29 is 0 Å². The van der Waals surface area contributed by atoms with E-state index in [0.29, 0.717) is 0 Å². The second-order valence-corrected chi connectivity index (χ2v) is 12.2. The molecule has 0 aliphatic carbocycles. The first-order valence-corrected chi connectivity index (χ1v) is 15.3. The molecule has 1 aliphatic heterocycles. The van der Waals surface area contributed by atoms with Gasteiger partial charge in [-0.1, -0.05) is 97.1 Å². The summed E-state index contributed by atoms with van der Waals surface area (Å²) in [5.74, 6) is 0. The van der Waals surface area contributed by atoms with E-state index in [1.165, 1.54) is 65.4 Å². The summed E-state index contributed by atoms with van der Waals surface area (Å²) >= 11 is 0. The molecule has 4 aromatic carbocycles. The molecule has 8 bridgehead atoms. The fourth-order valence-corrected chi connectivity index (χ4v) is 7.58. The van der Waals surface area contributed by atoms with E-state index in [2.05, 4.69) is 145 Å². The smallest absolute Gasteiger partial charge is 0.0515 e. The SMILES string of the molecule is CC1=c2[nH]c(c3ccccc23)=C(C)c2[nH]c(c3ccccc23)C(C)=c2[nH]c(c3ccccc23)=C(C)c2[nH]c1c1ccccc21. The maximum atomic E-state index is 3.91. The molecule has 4 heteroatoms. The summed E-state index contributed by atoms with van der Waals surface area (Å²) in [6, 6.07) is 35.0. The van der Waals surface area contributed by atoms with E-state index in [-0.39, 0.29) is 0 Å². The number of aromatic nitrogens is 4. The molecule has 0 fully saturated rings. The number of rotatable bonds is 0. The normalized spacial score (nSPS) is 13.7. The van der Waals surface area contributed by atoms with Gasteiger partial charge < -0.3 is 19.9 Å². The molecule has 0 amide bonds. The molecule has 0 spiro atoms. The van der Waals surface area contributed by atoms with Crippen molar-refractivity contribution in [1.82, 2.24) is 19.9 Å². The van der Waals surface area contributed by atoms with Crippen LogP contribution >= 0.6 is 0 Å². The molecule has 0 atom stereocenters. The van der Waals surface area contributed by atoms with E-state index >= 15 is 0 Å². The van der Waals surface area contributed by atoms with Crippen molar-refractivity contribution in [2.75, 3.05) is 0 Å². The minimum absolute atomic E-state index is 1.14. The molecule has 0 unspecified atom stereocenters. The fraction of sp³-hybridized carbons (Fsp3) is 0.100. The van der Waals surface area contributed by atoms with Gasteiger partial charge in [0.15, 0.2) is 0 Å². The third-order valence-electron chi connectivity index (χ3n) is 9.86. The van der Waals surface area contributed by atoms with Crippen molar-refractivity contribution in [2.24, 2.45) is 0 Å². The maximum Gasteiger partial charge on any atom is 0.0515 e. The number of benzene rings is 4. The highest BCUT2D eigenvalue weighted by Crippen LogP contribution is 2.32. The van der Waals surface area contributed by atoms with Crippen molar-refractivity contribution in [2.45, 2.75) is 27.7 Å². The van der Waals surface area contributed by atoms with Crippen LogP contribution in [0.1, 0.15) is 50.5 Å². The maximum absolute atomic E-state index is 3.91. The molecule has 5 heterocycles. The topological polar surface area (TPSA) is 63.2 Å². The van der Waals surface area contributed by atoms with Crippen LogP contribution in [0.15, 0.2) is 97.1 Å². The van der Waals surface area contributed by atoms with Crippen LogP contribution in [0, 0.1) is 0 Å². The van der Waals surface area contributed by atoms with Crippen LogP contribution in [0.2, 0.25) is 0 Å². The number of fused-ring (bicyclic) bond motifs is 20. The van der Waals surface area contributed by atoms with E-state index in [1.807, 2.05) is 0 Å². The Kier molecular flexibility index (Phi) is 5.13. The minimum atomic E-state index is 1.14. The van der Waals surface area contributed by atoms with Crippen molar-refractivity contribution in [3.8, 4) is 0 Å². The van der Waals surface area contributed by atoms with Crippen molar-refractivity contribution in [3.05, 3.63) is 141 Å². The molecule has 0 saturated heterocycles. The molecule has 8 aromatic rings. The highest BCUT2D eigenvalue weighted by Gasteiger charge is 2.19. The van der Waals surface area contributed by atoms with Crippen molar-refractivity contribution in [1.29, 1.82) is 0 Å². The van der Waals surface area contributed by atoms with Crippen LogP contribution in [0.4, 0.5) is 0 Å². The van der Waals surface area contributed by atoms with E-state index in [1.54, 1.807) is 0 Å². The largest absolute Gasteiger partial charge is 0.354 e. The van der Waals surface area contributed by atoms with Crippen LogP contribution in [0.25, 0.3) is 65.4 Å². The number of aromatic amines is 4. The van der Waals surface area contributed by atoms with E-state index in [4.69, 9.17) is 0 Å². The minimum Gasteiger partial charge on any atom is -0.354 e. The molecular formula is C40H32N4. The average Bonchev–Trinajstić information content (AvgIpc) is 3.84. The first kappa shape index (κ1) is 25.1. The molecule has 0 radical (unpaired) electrons. The summed E-state index contributed by atoms with van der Waals surface area (Å²) in [6.07, 6.45) is 0. The van der Waals surface area contributed by atoms with Gasteiger partial charge in [-0.15, -0.1) is 0 Å². The van der Waals surface area contributed by atoms with E-state index in [0.717, 1.165) is 44.2 Å². The van der Waals surface area contributed by atoms with Crippen LogP contribution in [-0.2, 0) is 0 Å². The fourth-order valence-electron chi connectivity index (χ4n) is 7.58. The molecule has 4 nitrogen and oxygen atoms in total. The summed E-state index contributed by atoms with van der Waals surface area (Å²) in [5, 5.41) is 14.4. The predicted molar refractivity (Wildman–Crippen MR) is 184 cm³/mol. The zero-order valence-corrected chi connectivity index (χ0v) is 25.2. The summed E-state index contributed by atoms with van der Waals surface area (Å²) < 4.78 is 0. The molecule has 4 N–H and O–H groups in total. The van der Waals surface area contributed by atoms with Crippen molar-refractivity contribution in [3.63, 3.8) is 0 Å². The standard InChI is InChI=1S/C40H32N4/c1-21-33-25-13-5-7-15-27(25)35(41-33)22(2)37-29-17-9-11-19-31(29)39(43-37)24(4)40-32-20-12-10-18-30(32)38(44-40)23(3)36-28-16-8-6-14-26(28)34(21)42-36/h5-20,41-44H,1-4H3. The van der Waals surface area contributed by atoms with Gasteiger partial charge in [-0.3, -0.25) is 0 Å². The molecule has 4 aromatic heterocycles. The van der Waals surface area contributed by atoms with Gasteiger partial charge in [-0.2, -0.15) is 0 Å². The Balaban J connectivity index is 1.59. The van der Waals surface area contributed by atoms with Gasteiger partial charge in [0.1, 0.15) is 0 Å². The van der Waals surface area contributed by atoms with Gasteiger partial charge in [-0.05, 0) is 50.0 Å². The molecule has 1 aliphatic rings. The van der Waals surface area contributed by atoms with Gasteiger partial charge >= 0.3 is 0 Å². The van der Waals surface area contributed by atoms with Crippen LogP contribution in [0.3, 0.4) is 0 Å². The van der Waals surface area contributed by atoms with Gasteiger partial charge in [0, 0.05) is 43.1 Å². The Morgan fingerprint density at radius 2 is 0.477 bits per heavy atom. The Bertz CT molecular complexity index is 2380. The van der Waals surface area contributed by atoms with Gasteiger partial charge in [0.2, 0.25) is 0 Å². The van der Waals surface area contributed by atoms with E-state index < -0.39 is 0 Å². The molecule has 44 heavy (non-hydrogen) atoms. The highest BCUT2D eigenvalue weighted by atomic mass is 14.8. The number of H-pyrrole nitrogens is 4. The first-order valence-electron chi connectivity index (χ1n) is 15.3. The van der Waals surface area contributed by atoms with Crippen LogP contribution in [0.5, 0.6) is 0 Å². The Morgan fingerprint density at radius 3 is 0.705 bits per heavy atom. The lowest BCUT2D eigenvalue weighted by Crippen LogP contribution is -2.16.